The molecule has 3 rings (SSSR count). The fraction of sp³-hybridized carbons (Fsp3) is 0.300. The van der Waals surface area contributed by atoms with Crippen molar-refractivity contribution in [3.8, 4) is 0 Å². The van der Waals surface area contributed by atoms with Crippen molar-refractivity contribution >= 4 is 33.2 Å². The van der Waals surface area contributed by atoms with Crippen LogP contribution < -0.4 is 15.8 Å². The molecule has 1 fully saturated rings. The maximum atomic E-state index is 12.5. The third kappa shape index (κ3) is 4.86. The number of rotatable bonds is 6. The van der Waals surface area contributed by atoms with Crippen molar-refractivity contribution in [2.45, 2.75) is 17.7 Å². The van der Waals surface area contributed by atoms with Gasteiger partial charge in [-0.25, -0.2) is 8.42 Å². The van der Waals surface area contributed by atoms with E-state index in [1.807, 2.05) is 0 Å². The molecule has 0 bridgehead atoms. The Morgan fingerprint density at radius 1 is 0.969 bits per heavy atom. The van der Waals surface area contributed by atoms with E-state index in [1.165, 1.54) is 40.7 Å². The van der Waals surface area contributed by atoms with Crippen molar-refractivity contribution in [1.82, 2.24) is 15.2 Å². The van der Waals surface area contributed by atoms with Gasteiger partial charge in [0.15, 0.2) is 0 Å². The van der Waals surface area contributed by atoms with Gasteiger partial charge in [-0.2, -0.15) is 4.31 Å². The molecule has 0 radical (unpaired) electrons. The summed E-state index contributed by atoms with van der Waals surface area (Å²) in [5.41, 5.74) is 4.64. The van der Waals surface area contributed by atoms with Crippen molar-refractivity contribution in [3.63, 3.8) is 0 Å². The van der Waals surface area contributed by atoms with Crippen LogP contribution in [0.3, 0.4) is 0 Å². The number of amides is 2. The molecule has 2 aromatic rings. The zero-order valence-corrected chi connectivity index (χ0v) is 18.4. The molecular weight excluding hydrogens is 438 g/mol. The van der Waals surface area contributed by atoms with Crippen molar-refractivity contribution in [1.29, 1.82) is 0 Å². The predicted octanol–water partition coefficient (Wildman–Crippen LogP) is 1.52. The lowest BCUT2D eigenvalue weighted by Crippen LogP contribution is -2.41. The molecule has 2 N–H and O–H groups in total. The van der Waals surface area contributed by atoms with E-state index < -0.39 is 26.8 Å². The van der Waals surface area contributed by atoms with E-state index in [-0.39, 0.29) is 21.7 Å². The van der Waals surface area contributed by atoms with Gasteiger partial charge in [-0.3, -0.25) is 30.6 Å². The van der Waals surface area contributed by atoms with E-state index in [2.05, 4.69) is 10.9 Å². The lowest BCUT2D eigenvalue weighted by Gasteiger charge is -2.15. The first-order valence-electron chi connectivity index (χ1n) is 9.78. The molecule has 0 unspecified atom stereocenters. The molecule has 32 heavy (non-hydrogen) atoms. The second-order valence-corrected chi connectivity index (χ2v) is 9.34. The number of anilines is 1. The van der Waals surface area contributed by atoms with Crippen LogP contribution in [0.1, 0.15) is 33.6 Å². The summed E-state index contributed by atoms with van der Waals surface area (Å²) in [5.74, 6) is -1.40. The SMILES string of the molecule is CN(C)c1ccc(C(=O)NNC(=O)c2ccc(S(=O)(=O)N3CCCC3)cc2)cc1[N+](=O)[O-]. The van der Waals surface area contributed by atoms with Crippen LogP contribution in [0, 0.1) is 10.1 Å². The predicted molar refractivity (Wildman–Crippen MR) is 117 cm³/mol. The molecule has 0 atom stereocenters. The highest BCUT2D eigenvalue weighted by Crippen LogP contribution is 2.27. The number of hydrazine groups is 1. The van der Waals surface area contributed by atoms with E-state index >= 15 is 0 Å². The number of hydrogen-bond donors (Lipinski definition) is 2. The normalized spacial score (nSPS) is 14.1. The Morgan fingerprint density at radius 3 is 2.03 bits per heavy atom. The van der Waals surface area contributed by atoms with Crippen LogP contribution in [-0.2, 0) is 10.0 Å². The molecule has 0 aromatic heterocycles. The van der Waals surface area contributed by atoms with Crippen LogP contribution in [-0.4, -0.2) is 56.6 Å². The van der Waals surface area contributed by atoms with E-state index in [0.717, 1.165) is 18.9 Å². The van der Waals surface area contributed by atoms with Crippen molar-refractivity contribution in [2.75, 3.05) is 32.1 Å². The van der Waals surface area contributed by atoms with Gasteiger partial charge in [0, 0.05) is 44.4 Å². The maximum absolute atomic E-state index is 12.5. The summed E-state index contributed by atoms with van der Waals surface area (Å²) < 4.78 is 26.5. The Balaban J connectivity index is 1.66. The fourth-order valence-corrected chi connectivity index (χ4v) is 4.82. The van der Waals surface area contributed by atoms with Gasteiger partial charge in [-0.05, 0) is 49.2 Å². The Labute approximate surface area is 185 Å². The highest BCUT2D eigenvalue weighted by atomic mass is 32.2. The van der Waals surface area contributed by atoms with Gasteiger partial charge in [0.25, 0.3) is 17.5 Å². The molecule has 170 valence electrons. The summed E-state index contributed by atoms with van der Waals surface area (Å²) in [5, 5.41) is 11.3. The number of nitrogens with zero attached hydrogens (tertiary/aromatic N) is 3. The highest BCUT2D eigenvalue weighted by molar-refractivity contribution is 7.89. The van der Waals surface area contributed by atoms with E-state index in [0.29, 0.717) is 18.8 Å². The second kappa shape index (κ2) is 9.32. The average molecular weight is 462 g/mol. The monoisotopic (exact) mass is 461 g/mol. The molecule has 2 amide bonds. The minimum absolute atomic E-state index is 0.00495. The zero-order valence-electron chi connectivity index (χ0n) is 17.6. The maximum Gasteiger partial charge on any atom is 0.293 e. The summed E-state index contributed by atoms with van der Waals surface area (Å²) >= 11 is 0. The number of carbonyl (C=O) groups excluding carboxylic acids is 2. The number of carbonyl (C=O) groups is 2. The lowest BCUT2D eigenvalue weighted by molar-refractivity contribution is -0.384. The standard InChI is InChI=1S/C20H23N5O6S/c1-23(2)17-10-7-15(13-18(17)25(28)29)20(27)22-21-19(26)14-5-8-16(9-6-14)32(30,31)24-11-3-4-12-24/h5-10,13H,3-4,11-12H2,1-2H3,(H,21,26)(H,22,27). The van der Waals surface area contributed by atoms with Crippen molar-refractivity contribution in [3.05, 3.63) is 63.7 Å². The molecule has 1 saturated heterocycles. The van der Waals surface area contributed by atoms with Gasteiger partial charge in [0.1, 0.15) is 5.69 Å². The average Bonchev–Trinajstić information content (AvgIpc) is 3.32. The summed E-state index contributed by atoms with van der Waals surface area (Å²) in [4.78, 5) is 37.0. The number of benzene rings is 2. The van der Waals surface area contributed by atoms with Crippen LogP contribution in [0.25, 0.3) is 0 Å². The Morgan fingerprint density at radius 2 is 1.50 bits per heavy atom. The summed E-state index contributed by atoms with van der Waals surface area (Å²) in [6, 6.07) is 9.34. The van der Waals surface area contributed by atoms with Crippen molar-refractivity contribution in [2.24, 2.45) is 0 Å². The fourth-order valence-electron chi connectivity index (χ4n) is 3.30. The van der Waals surface area contributed by atoms with Crippen LogP contribution in [0.2, 0.25) is 0 Å². The Kier molecular flexibility index (Phi) is 6.75. The third-order valence-corrected chi connectivity index (χ3v) is 6.94. The van der Waals surface area contributed by atoms with E-state index in [4.69, 9.17) is 0 Å². The van der Waals surface area contributed by atoms with Gasteiger partial charge < -0.3 is 4.90 Å². The molecule has 1 aliphatic rings. The zero-order chi connectivity index (χ0) is 23.5. The number of sulfonamides is 1. The van der Waals surface area contributed by atoms with E-state index in [9.17, 15) is 28.1 Å². The molecule has 11 nitrogen and oxygen atoms in total. The molecule has 2 aromatic carbocycles. The molecular formula is C20H23N5O6S. The lowest BCUT2D eigenvalue weighted by atomic mass is 10.1. The first kappa shape index (κ1) is 23.2. The molecule has 0 spiro atoms. The van der Waals surface area contributed by atoms with Crippen LogP contribution in [0.15, 0.2) is 47.4 Å². The van der Waals surface area contributed by atoms with Gasteiger partial charge in [0.2, 0.25) is 10.0 Å². The second-order valence-electron chi connectivity index (χ2n) is 7.40. The minimum atomic E-state index is -3.59. The summed E-state index contributed by atoms with van der Waals surface area (Å²) in [6.07, 6.45) is 1.64. The number of nitrogens with one attached hydrogen (secondary N) is 2. The third-order valence-electron chi connectivity index (χ3n) is 5.02. The summed E-state index contributed by atoms with van der Waals surface area (Å²) in [6.45, 7) is 0.953. The largest absolute Gasteiger partial charge is 0.372 e. The minimum Gasteiger partial charge on any atom is -0.372 e. The molecule has 1 aliphatic heterocycles. The topological polar surface area (TPSA) is 142 Å². The first-order valence-corrected chi connectivity index (χ1v) is 11.2. The van der Waals surface area contributed by atoms with Crippen LogP contribution in [0.5, 0.6) is 0 Å². The molecule has 1 heterocycles. The number of hydrogen-bond acceptors (Lipinski definition) is 7. The van der Waals surface area contributed by atoms with Crippen LogP contribution in [0.4, 0.5) is 11.4 Å². The number of nitro benzene ring substituents is 1. The Hall–Kier alpha value is -3.51. The number of nitro groups is 1. The quantitative estimate of drug-likeness (QED) is 0.491. The van der Waals surface area contributed by atoms with Crippen LogP contribution >= 0.6 is 0 Å². The Bertz CT molecular complexity index is 1140. The molecule has 0 aliphatic carbocycles. The van der Waals surface area contributed by atoms with Gasteiger partial charge in [0.05, 0.1) is 9.82 Å². The van der Waals surface area contributed by atoms with Gasteiger partial charge >= 0.3 is 0 Å². The molecule has 12 heteroatoms. The smallest absolute Gasteiger partial charge is 0.293 e. The first-order chi connectivity index (χ1) is 15.1. The van der Waals surface area contributed by atoms with Crippen molar-refractivity contribution < 1.29 is 22.9 Å². The van der Waals surface area contributed by atoms with Gasteiger partial charge in [-0.1, -0.05) is 0 Å². The highest BCUT2D eigenvalue weighted by Gasteiger charge is 2.27. The molecule has 0 saturated carbocycles. The van der Waals surface area contributed by atoms with E-state index in [1.54, 1.807) is 19.0 Å². The summed E-state index contributed by atoms with van der Waals surface area (Å²) in [7, 11) is -0.305. The van der Waals surface area contributed by atoms with Gasteiger partial charge in [-0.15, -0.1) is 0 Å².